The van der Waals surface area contributed by atoms with Crippen molar-refractivity contribution in [2.24, 2.45) is 5.92 Å². The number of ether oxygens (including phenoxy) is 1. The van der Waals surface area contributed by atoms with Crippen LogP contribution in [0.2, 0.25) is 0 Å². The summed E-state index contributed by atoms with van der Waals surface area (Å²) in [5.74, 6) is 2.60. The predicted octanol–water partition coefficient (Wildman–Crippen LogP) is 4.67. The molecule has 21 heavy (non-hydrogen) atoms. The standard InChI is InChI=1S/C18H25NO2/c1-12(14-7-4-5-8-14)19-13(2)17-11-15-9-6-10-16(20-3)18(15)21-17/h6,9-14,19H,4-5,7-8H2,1-3H3/t12-,13?/m0/s1. The van der Waals surface area contributed by atoms with Crippen LogP contribution < -0.4 is 10.1 Å². The molecule has 1 unspecified atom stereocenters. The van der Waals surface area contributed by atoms with E-state index in [1.807, 2.05) is 12.1 Å². The van der Waals surface area contributed by atoms with E-state index in [2.05, 4.69) is 31.3 Å². The number of hydrogen-bond acceptors (Lipinski definition) is 3. The zero-order valence-electron chi connectivity index (χ0n) is 13.2. The summed E-state index contributed by atoms with van der Waals surface area (Å²) in [6.07, 6.45) is 5.48. The fourth-order valence-electron chi connectivity index (χ4n) is 3.50. The second kappa shape index (κ2) is 6.10. The van der Waals surface area contributed by atoms with E-state index in [0.717, 1.165) is 28.4 Å². The Morgan fingerprint density at radius 1 is 1.24 bits per heavy atom. The fourth-order valence-corrected chi connectivity index (χ4v) is 3.50. The Labute approximate surface area is 126 Å². The van der Waals surface area contributed by atoms with Gasteiger partial charge >= 0.3 is 0 Å². The Balaban J connectivity index is 1.76. The van der Waals surface area contributed by atoms with Crippen LogP contribution in [0, 0.1) is 5.92 Å². The smallest absolute Gasteiger partial charge is 0.176 e. The van der Waals surface area contributed by atoms with Crippen LogP contribution in [-0.4, -0.2) is 13.2 Å². The molecule has 1 aromatic carbocycles. The Morgan fingerprint density at radius 2 is 2.00 bits per heavy atom. The monoisotopic (exact) mass is 287 g/mol. The summed E-state index contributed by atoms with van der Waals surface area (Å²) < 4.78 is 11.4. The molecule has 114 valence electrons. The second-order valence-electron chi connectivity index (χ2n) is 6.25. The number of benzene rings is 1. The summed E-state index contributed by atoms with van der Waals surface area (Å²) in [7, 11) is 1.68. The molecule has 1 saturated carbocycles. The number of methoxy groups -OCH3 is 1. The fraction of sp³-hybridized carbons (Fsp3) is 0.556. The maximum Gasteiger partial charge on any atom is 0.176 e. The molecule has 3 heteroatoms. The summed E-state index contributed by atoms with van der Waals surface area (Å²) in [6.45, 7) is 4.48. The summed E-state index contributed by atoms with van der Waals surface area (Å²) in [5, 5.41) is 4.81. The second-order valence-corrected chi connectivity index (χ2v) is 6.25. The molecule has 0 amide bonds. The Bertz CT molecular complexity index is 598. The quantitative estimate of drug-likeness (QED) is 0.867. The molecule has 2 atom stereocenters. The van der Waals surface area contributed by atoms with Gasteiger partial charge < -0.3 is 14.5 Å². The van der Waals surface area contributed by atoms with Gasteiger partial charge in [0.1, 0.15) is 5.76 Å². The minimum Gasteiger partial charge on any atom is -0.493 e. The highest BCUT2D eigenvalue weighted by Gasteiger charge is 2.24. The molecule has 1 fully saturated rings. The first-order valence-corrected chi connectivity index (χ1v) is 8.01. The van der Waals surface area contributed by atoms with Gasteiger partial charge in [0.15, 0.2) is 11.3 Å². The molecule has 1 N–H and O–H groups in total. The third-order valence-electron chi connectivity index (χ3n) is 4.79. The SMILES string of the molecule is COc1cccc2cc(C(C)N[C@@H](C)C3CCCC3)oc12. The molecule has 0 aliphatic heterocycles. The minimum absolute atomic E-state index is 0.220. The first-order valence-electron chi connectivity index (χ1n) is 8.01. The van der Waals surface area contributed by atoms with Crippen molar-refractivity contribution in [2.45, 2.75) is 51.6 Å². The zero-order valence-corrected chi connectivity index (χ0v) is 13.2. The number of nitrogens with one attached hydrogen (secondary N) is 1. The van der Waals surface area contributed by atoms with Gasteiger partial charge in [0.25, 0.3) is 0 Å². The van der Waals surface area contributed by atoms with Crippen LogP contribution >= 0.6 is 0 Å². The number of furan rings is 1. The third-order valence-corrected chi connectivity index (χ3v) is 4.79. The molecule has 1 aliphatic carbocycles. The van der Waals surface area contributed by atoms with Crippen LogP contribution in [0.25, 0.3) is 11.0 Å². The van der Waals surface area contributed by atoms with Crippen molar-refractivity contribution in [1.82, 2.24) is 5.32 Å². The molecule has 1 aliphatic rings. The average Bonchev–Trinajstić information content (AvgIpc) is 3.15. The number of hydrogen-bond donors (Lipinski definition) is 1. The van der Waals surface area contributed by atoms with Crippen molar-refractivity contribution < 1.29 is 9.15 Å². The molecule has 0 saturated heterocycles. The van der Waals surface area contributed by atoms with Crippen LogP contribution in [0.4, 0.5) is 0 Å². The van der Waals surface area contributed by atoms with E-state index in [9.17, 15) is 0 Å². The molecule has 1 heterocycles. The van der Waals surface area contributed by atoms with Gasteiger partial charge in [-0.15, -0.1) is 0 Å². The third kappa shape index (κ3) is 2.93. The predicted molar refractivity (Wildman–Crippen MR) is 85.7 cm³/mol. The lowest BCUT2D eigenvalue weighted by atomic mass is 9.99. The van der Waals surface area contributed by atoms with Crippen molar-refractivity contribution in [3.63, 3.8) is 0 Å². The first kappa shape index (κ1) is 14.5. The summed E-state index contributed by atoms with van der Waals surface area (Å²) in [5.41, 5.74) is 0.845. The van der Waals surface area contributed by atoms with Crippen molar-refractivity contribution in [3.05, 3.63) is 30.0 Å². The van der Waals surface area contributed by atoms with Gasteiger partial charge in [-0.3, -0.25) is 0 Å². The topological polar surface area (TPSA) is 34.4 Å². The lowest BCUT2D eigenvalue weighted by molar-refractivity contribution is 0.329. The maximum atomic E-state index is 6.03. The zero-order chi connectivity index (χ0) is 14.8. The van der Waals surface area contributed by atoms with Crippen LogP contribution in [-0.2, 0) is 0 Å². The molecule has 0 radical (unpaired) electrons. The van der Waals surface area contributed by atoms with Crippen LogP contribution in [0.5, 0.6) is 5.75 Å². The van der Waals surface area contributed by atoms with Gasteiger partial charge in [0.2, 0.25) is 0 Å². The van der Waals surface area contributed by atoms with E-state index in [4.69, 9.17) is 9.15 Å². The Kier molecular flexibility index (Phi) is 4.20. The number of rotatable bonds is 5. The summed E-state index contributed by atoms with van der Waals surface area (Å²) >= 11 is 0. The van der Waals surface area contributed by atoms with Crippen molar-refractivity contribution in [2.75, 3.05) is 7.11 Å². The van der Waals surface area contributed by atoms with E-state index >= 15 is 0 Å². The average molecular weight is 287 g/mol. The van der Waals surface area contributed by atoms with Crippen LogP contribution in [0.3, 0.4) is 0 Å². The molecule has 3 rings (SSSR count). The highest BCUT2D eigenvalue weighted by molar-refractivity contribution is 5.83. The highest BCUT2D eigenvalue weighted by Crippen LogP contribution is 2.32. The Morgan fingerprint density at radius 3 is 2.71 bits per heavy atom. The first-order chi connectivity index (χ1) is 10.2. The number of para-hydroxylation sites is 1. The van der Waals surface area contributed by atoms with Gasteiger partial charge in [-0.05, 0) is 44.7 Å². The molecule has 3 nitrogen and oxygen atoms in total. The van der Waals surface area contributed by atoms with Crippen LogP contribution in [0.15, 0.2) is 28.7 Å². The van der Waals surface area contributed by atoms with E-state index in [-0.39, 0.29) is 6.04 Å². The lowest BCUT2D eigenvalue weighted by Crippen LogP contribution is -2.34. The molecular weight excluding hydrogens is 262 g/mol. The lowest BCUT2D eigenvalue weighted by Gasteiger charge is -2.23. The van der Waals surface area contributed by atoms with E-state index < -0.39 is 0 Å². The van der Waals surface area contributed by atoms with Crippen LogP contribution in [0.1, 0.15) is 51.3 Å². The summed E-state index contributed by atoms with van der Waals surface area (Å²) in [4.78, 5) is 0. The van der Waals surface area contributed by atoms with E-state index in [1.165, 1.54) is 25.7 Å². The van der Waals surface area contributed by atoms with E-state index in [1.54, 1.807) is 7.11 Å². The molecular formula is C18H25NO2. The van der Waals surface area contributed by atoms with Gasteiger partial charge in [-0.1, -0.05) is 25.0 Å². The Hall–Kier alpha value is -1.48. The highest BCUT2D eigenvalue weighted by atomic mass is 16.5. The minimum atomic E-state index is 0.220. The van der Waals surface area contributed by atoms with Gasteiger partial charge in [0, 0.05) is 11.4 Å². The van der Waals surface area contributed by atoms with Crippen molar-refractivity contribution >= 4 is 11.0 Å². The number of fused-ring (bicyclic) bond motifs is 1. The maximum absolute atomic E-state index is 6.03. The van der Waals surface area contributed by atoms with Gasteiger partial charge in [0.05, 0.1) is 13.2 Å². The van der Waals surface area contributed by atoms with Gasteiger partial charge in [-0.2, -0.15) is 0 Å². The van der Waals surface area contributed by atoms with E-state index in [0.29, 0.717) is 6.04 Å². The molecule has 0 bridgehead atoms. The van der Waals surface area contributed by atoms with Gasteiger partial charge in [-0.25, -0.2) is 0 Å². The summed E-state index contributed by atoms with van der Waals surface area (Å²) in [6, 6.07) is 8.89. The normalized spacial score (nSPS) is 19.0. The molecule has 2 aromatic rings. The van der Waals surface area contributed by atoms with Crippen molar-refractivity contribution in [3.8, 4) is 5.75 Å². The van der Waals surface area contributed by atoms with Crippen molar-refractivity contribution in [1.29, 1.82) is 0 Å². The molecule has 0 spiro atoms. The largest absolute Gasteiger partial charge is 0.493 e. The molecule has 1 aromatic heterocycles.